The van der Waals surface area contributed by atoms with E-state index in [0.29, 0.717) is 12.8 Å². The minimum absolute atomic E-state index is 0.0805. The van der Waals surface area contributed by atoms with Crippen molar-refractivity contribution in [3.63, 3.8) is 0 Å². The normalized spacial score (nSPS) is 17.3. The van der Waals surface area contributed by atoms with Crippen LogP contribution in [0.1, 0.15) is 12.8 Å². The van der Waals surface area contributed by atoms with E-state index >= 15 is 0 Å². The predicted octanol–water partition coefficient (Wildman–Crippen LogP) is 2.89. The van der Waals surface area contributed by atoms with Gasteiger partial charge in [-0.25, -0.2) is 8.42 Å². The van der Waals surface area contributed by atoms with Gasteiger partial charge in [-0.2, -0.15) is 9.98 Å². The number of hydrogen-bond donors (Lipinski definition) is 1. The van der Waals surface area contributed by atoms with Crippen LogP contribution in [0.25, 0.3) is 10.1 Å². The molecule has 0 bridgehead atoms. The van der Waals surface area contributed by atoms with Crippen molar-refractivity contribution in [2.75, 3.05) is 0 Å². The Morgan fingerprint density at radius 1 is 1.37 bits per heavy atom. The molecule has 0 amide bonds. The maximum Gasteiger partial charge on any atom is 0.252 e. The van der Waals surface area contributed by atoms with Gasteiger partial charge in [-0.1, -0.05) is 29.8 Å². The number of fused-ring (bicyclic) bond motifs is 1. The third-order valence-corrected chi connectivity index (χ3v) is 6.89. The maximum absolute atomic E-state index is 12.3. The van der Waals surface area contributed by atoms with Gasteiger partial charge >= 0.3 is 0 Å². The molecule has 0 atom stereocenters. The van der Waals surface area contributed by atoms with E-state index in [2.05, 4.69) is 4.72 Å². The average Bonchev–Trinajstić information content (AvgIpc) is 3.06. The molecule has 0 radical (unpaired) electrons. The number of nitrogens with zero attached hydrogens (tertiary/aromatic N) is 1. The van der Waals surface area contributed by atoms with E-state index in [1.54, 1.807) is 6.07 Å². The third kappa shape index (κ3) is 2.13. The molecule has 1 heterocycles. The molecule has 0 saturated heterocycles. The molecule has 4 nitrogen and oxygen atoms in total. The second-order valence-electron chi connectivity index (χ2n) is 4.50. The van der Waals surface area contributed by atoms with E-state index in [1.807, 2.05) is 24.3 Å². The molecule has 7 heteroatoms. The third-order valence-electron chi connectivity index (χ3n) is 3.04. The van der Waals surface area contributed by atoms with Crippen molar-refractivity contribution in [1.82, 2.24) is 4.72 Å². The van der Waals surface area contributed by atoms with Gasteiger partial charge in [0.15, 0.2) is 4.21 Å². The number of sulfonamides is 1. The molecule has 98 valence electrons. The van der Waals surface area contributed by atoms with Gasteiger partial charge in [0.1, 0.15) is 5.54 Å². The minimum atomic E-state index is -3.75. The Kier molecular flexibility index (Phi) is 2.84. The van der Waals surface area contributed by atoms with Gasteiger partial charge < -0.3 is 0 Å². The minimum Gasteiger partial charge on any atom is -0.206 e. The molecular formula is C12H9ClN2O2S2. The SMILES string of the molecule is N#CC1(NS(=O)(=O)c2sc3ccccc3c2Cl)CC1. The highest BCUT2D eigenvalue weighted by molar-refractivity contribution is 7.92. The predicted molar refractivity (Wildman–Crippen MR) is 74.7 cm³/mol. The molecule has 1 aromatic carbocycles. The summed E-state index contributed by atoms with van der Waals surface area (Å²) >= 11 is 7.26. The molecule has 0 spiro atoms. The first-order valence-electron chi connectivity index (χ1n) is 5.60. The van der Waals surface area contributed by atoms with E-state index in [1.165, 1.54) is 0 Å². The van der Waals surface area contributed by atoms with Crippen molar-refractivity contribution >= 4 is 43.0 Å². The van der Waals surface area contributed by atoms with Crippen LogP contribution in [-0.2, 0) is 10.0 Å². The lowest BCUT2D eigenvalue weighted by atomic mass is 10.3. The van der Waals surface area contributed by atoms with Crippen molar-refractivity contribution in [2.24, 2.45) is 0 Å². The maximum atomic E-state index is 12.3. The van der Waals surface area contributed by atoms with Gasteiger partial charge in [0.2, 0.25) is 0 Å². The molecule has 1 aliphatic rings. The molecule has 1 aliphatic carbocycles. The Hall–Kier alpha value is -1.13. The van der Waals surface area contributed by atoms with Crippen LogP contribution in [0.15, 0.2) is 28.5 Å². The first-order valence-corrected chi connectivity index (χ1v) is 8.27. The molecule has 1 fully saturated rings. The summed E-state index contributed by atoms with van der Waals surface area (Å²) < 4.78 is 27.9. The lowest BCUT2D eigenvalue weighted by Crippen LogP contribution is -2.35. The summed E-state index contributed by atoms with van der Waals surface area (Å²) in [5.41, 5.74) is -0.932. The molecule has 0 aliphatic heterocycles. The van der Waals surface area contributed by atoms with Crippen molar-refractivity contribution in [2.45, 2.75) is 22.6 Å². The zero-order chi connectivity index (χ0) is 13.7. The van der Waals surface area contributed by atoms with Gasteiger partial charge in [0.25, 0.3) is 10.0 Å². The van der Waals surface area contributed by atoms with Crippen LogP contribution in [0.3, 0.4) is 0 Å². The number of nitrogens with one attached hydrogen (secondary N) is 1. The first kappa shape index (κ1) is 12.9. The summed E-state index contributed by atoms with van der Waals surface area (Å²) in [5, 5.41) is 9.91. The number of halogens is 1. The monoisotopic (exact) mass is 312 g/mol. The fourth-order valence-corrected chi connectivity index (χ4v) is 5.33. The first-order chi connectivity index (χ1) is 8.97. The highest BCUT2D eigenvalue weighted by atomic mass is 35.5. The molecule has 1 aromatic heterocycles. The molecule has 2 aromatic rings. The largest absolute Gasteiger partial charge is 0.252 e. The lowest BCUT2D eigenvalue weighted by Gasteiger charge is -2.08. The van der Waals surface area contributed by atoms with Crippen molar-refractivity contribution in [3.8, 4) is 6.07 Å². The Labute approximate surface area is 119 Å². The van der Waals surface area contributed by atoms with Crippen LogP contribution in [-0.4, -0.2) is 14.0 Å². The Morgan fingerprint density at radius 3 is 2.63 bits per heavy atom. The van der Waals surface area contributed by atoms with Gasteiger partial charge in [-0.15, -0.1) is 11.3 Å². The summed E-state index contributed by atoms with van der Waals surface area (Å²) in [4.78, 5) is 0. The second kappa shape index (κ2) is 4.18. The number of thiophene rings is 1. The number of rotatable bonds is 3. The van der Waals surface area contributed by atoms with E-state index in [4.69, 9.17) is 16.9 Å². The molecule has 1 N–H and O–H groups in total. The van der Waals surface area contributed by atoms with Crippen LogP contribution in [0.2, 0.25) is 5.02 Å². The van der Waals surface area contributed by atoms with Gasteiger partial charge in [0.05, 0.1) is 11.1 Å². The molecule has 0 unspecified atom stereocenters. The fourth-order valence-electron chi connectivity index (χ4n) is 1.83. The van der Waals surface area contributed by atoms with Gasteiger partial charge in [-0.05, 0) is 18.9 Å². The summed E-state index contributed by atoms with van der Waals surface area (Å²) in [6, 6.07) is 9.24. The second-order valence-corrected chi connectivity index (χ2v) is 7.81. The molecule has 19 heavy (non-hydrogen) atoms. The van der Waals surface area contributed by atoms with Gasteiger partial charge in [-0.3, -0.25) is 0 Å². The Balaban J connectivity index is 2.09. The van der Waals surface area contributed by atoms with Crippen molar-refractivity contribution < 1.29 is 8.42 Å². The summed E-state index contributed by atoms with van der Waals surface area (Å²) in [7, 11) is -3.75. The Bertz CT molecular complexity index is 801. The van der Waals surface area contributed by atoms with Crippen LogP contribution >= 0.6 is 22.9 Å². The summed E-state index contributed by atoms with van der Waals surface area (Å²) in [6.45, 7) is 0. The molecular weight excluding hydrogens is 304 g/mol. The average molecular weight is 313 g/mol. The lowest BCUT2D eigenvalue weighted by molar-refractivity contribution is 0.573. The standard InChI is InChI=1S/C12H9ClN2O2S2/c13-10-8-3-1-2-4-9(8)18-11(10)19(16,17)15-12(7-14)5-6-12/h1-4,15H,5-6H2. The van der Waals surface area contributed by atoms with Crippen LogP contribution in [0.5, 0.6) is 0 Å². The Morgan fingerprint density at radius 2 is 2.05 bits per heavy atom. The number of benzene rings is 1. The van der Waals surface area contributed by atoms with E-state index in [-0.39, 0.29) is 9.23 Å². The summed E-state index contributed by atoms with van der Waals surface area (Å²) in [6.07, 6.45) is 1.09. The van der Waals surface area contributed by atoms with E-state index < -0.39 is 15.6 Å². The highest BCUT2D eigenvalue weighted by Gasteiger charge is 2.47. The summed E-state index contributed by atoms with van der Waals surface area (Å²) in [5.74, 6) is 0. The quantitative estimate of drug-likeness (QED) is 0.947. The number of hydrogen-bond acceptors (Lipinski definition) is 4. The van der Waals surface area contributed by atoms with Crippen LogP contribution in [0, 0.1) is 11.3 Å². The molecule has 3 rings (SSSR count). The van der Waals surface area contributed by atoms with Crippen LogP contribution in [0.4, 0.5) is 0 Å². The zero-order valence-corrected chi connectivity index (χ0v) is 12.1. The van der Waals surface area contributed by atoms with Crippen molar-refractivity contribution in [1.29, 1.82) is 5.26 Å². The topological polar surface area (TPSA) is 70.0 Å². The smallest absolute Gasteiger partial charge is 0.206 e. The van der Waals surface area contributed by atoms with E-state index in [9.17, 15) is 8.42 Å². The van der Waals surface area contributed by atoms with Gasteiger partial charge in [0, 0.05) is 10.1 Å². The fraction of sp³-hybridized carbons (Fsp3) is 0.250. The highest BCUT2D eigenvalue weighted by Crippen LogP contribution is 2.41. The van der Waals surface area contributed by atoms with Crippen LogP contribution < -0.4 is 4.72 Å². The zero-order valence-electron chi connectivity index (χ0n) is 9.68. The van der Waals surface area contributed by atoms with Crippen molar-refractivity contribution in [3.05, 3.63) is 29.3 Å². The van der Waals surface area contributed by atoms with E-state index in [0.717, 1.165) is 21.4 Å². The molecule has 1 saturated carbocycles. The number of nitriles is 1.